The second-order valence-electron chi connectivity index (χ2n) is 5.48. The molecule has 1 unspecified atom stereocenters. The third-order valence-corrected chi connectivity index (χ3v) is 3.50. The summed E-state index contributed by atoms with van der Waals surface area (Å²) >= 11 is 0. The van der Waals surface area contributed by atoms with E-state index in [1.165, 1.54) is 18.2 Å². The molecule has 2 rings (SSSR count). The number of anilines is 1. The number of carbonyl (C=O) groups excluding carboxylic acids is 2. The first-order valence-electron chi connectivity index (χ1n) is 7.32. The molecule has 2 amide bonds. The predicted octanol–water partition coefficient (Wildman–Crippen LogP) is 3.20. The molecule has 2 N–H and O–H groups in total. The number of hydrogen-bond acceptors (Lipinski definition) is 2. The van der Waals surface area contributed by atoms with Crippen molar-refractivity contribution in [1.82, 2.24) is 5.32 Å². The first-order chi connectivity index (χ1) is 10.9. The normalized spacial score (nSPS) is 11.7. The highest BCUT2D eigenvalue weighted by Gasteiger charge is 2.19. The van der Waals surface area contributed by atoms with Gasteiger partial charge in [0.2, 0.25) is 5.91 Å². The molecule has 0 saturated carbocycles. The summed E-state index contributed by atoms with van der Waals surface area (Å²) < 4.78 is 13.6. The molecule has 0 aliphatic carbocycles. The molecule has 5 heteroatoms. The van der Waals surface area contributed by atoms with E-state index in [2.05, 4.69) is 10.6 Å². The van der Waals surface area contributed by atoms with Gasteiger partial charge in [0.1, 0.15) is 11.9 Å². The maximum absolute atomic E-state index is 13.6. The maximum atomic E-state index is 13.6. The fraction of sp³-hybridized carbons (Fsp3) is 0.222. The van der Waals surface area contributed by atoms with Crippen molar-refractivity contribution >= 4 is 17.5 Å². The van der Waals surface area contributed by atoms with Crippen LogP contribution in [0.2, 0.25) is 0 Å². The molecule has 0 fully saturated rings. The van der Waals surface area contributed by atoms with Gasteiger partial charge in [0, 0.05) is 5.69 Å². The van der Waals surface area contributed by atoms with Gasteiger partial charge in [-0.1, -0.05) is 29.8 Å². The zero-order chi connectivity index (χ0) is 17.0. The SMILES string of the molecule is Cc1ccc(NC(=O)C(C)NC(=O)c2ccccc2F)c(C)c1. The zero-order valence-corrected chi connectivity index (χ0v) is 13.3. The monoisotopic (exact) mass is 314 g/mol. The van der Waals surface area contributed by atoms with E-state index in [1.54, 1.807) is 13.0 Å². The Bertz CT molecular complexity index is 744. The molecule has 0 saturated heterocycles. The van der Waals surface area contributed by atoms with Crippen molar-refractivity contribution < 1.29 is 14.0 Å². The summed E-state index contributed by atoms with van der Waals surface area (Å²) in [5, 5.41) is 5.26. The molecule has 0 aliphatic rings. The van der Waals surface area contributed by atoms with E-state index in [0.29, 0.717) is 5.69 Å². The third-order valence-electron chi connectivity index (χ3n) is 3.50. The van der Waals surface area contributed by atoms with Crippen molar-refractivity contribution in [3.63, 3.8) is 0 Å². The van der Waals surface area contributed by atoms with Crippen LogP contribution in [0, 0.1) is 19.7 Å². The number of nitrogens with one attached hydrogen (secondary N) is 2. The van der Waals surface area contributed by atoms with Gasteiger partial charge in [-0.15, -0.1) is 0 Å². The largest absolute Gasteiger partial charge is 0.340 e. The number of carbonyl (C=O) groups is 2. The summed E-state index contributed by atoms with van der Waals surface area (Å²) in [7, 11) is 0. The van der Waals surface area contributed by atoms with Gasteiger partial charge in [-0.2, -0.15) is 0 Å². The van der Waals surface area contributed by atoms with Crippen LogP contribution in [0.5, 0.6) is 0 Å². The highest BCUT2D eigenvalue weighted by Crippen LogP contribution is 2.16. The lowest BCUT2D eigenvalue weighted by Gasteiger charge is -2.16. The number of halogens is 1. The molecule has 1 atom stereocenters. The second-order valence-corrected chi connectivity index (χ2v) is 5.48. The lowest BCUT2D eigenvalue weighted by atomic mass is 10.1. The molecule has 0 aliphatic heterocycles. The summed E-state index contributed by atoms with van der Waals surface area (Å²) in [4.78, 5) is 24.2. The van der Waals surface area contributed by atoms with E-state index in [0.717, 1.165) is 11.1 Å². The molecule has 120 valence electrons. The quantitative estimate of drug-likeness (QED) is 0.910. The lowest BCUT2D eigenvalue weighted by molar-refractivity contribution is -0.117. The maximum Gasteiger partial charge on any atom is 0.254 e. The van der Waals surface area contributed by atoms with Gasteiger partial charge in [0.25, 0.3) is 5.91 Å². The average molecular weight is 314 g/mol. The lowest BCUT2D eigenvalue weighted by Crippen LogP contribution is -2.42. The van der Waals surface area contributed by atoms with Crippen molar-refractivity contribution in [2.45, 2.75) is 26.8 Å². The van der Waals surface area contributed by atoms with Crippen LogP contribution in [0.3, 0.4) is 0 Å². The second kappa shape index (κ2) is 7.05. The highest BCUT2D eigenvalue weighted by atomic mass is 19.1. The Morgan fingerprint density at radius 1 is 1.09 bits per heavy atom. The number of hydrogen-bond donors (Lipinski definition) is 2. The van der Waals surface area contributed by atoms with E-state index < -0.39 is 17.8 Å². The first kappa shape index (κ1) is 16.7. The Labute approximate surface area is 134 Å². The van der Waals surface area contributed by atoms with Crippen molar-refractivity contribution in [2.24, 2.45) is 0 Å². The molecule has 0 heterocycles. The van der Waals surface area contributed by atoms with Crippen LogP contribution in [0.1, 0.15) is 28.4 Å². The summed E-state index contributed by atoms with van der Waals surface area (Å²) in [6.45, 7) is 5.42. The Morgan fingerprint density at radius 2 is 1.78 bits per heavy atom. The third kappa shape index (κ3) is 4.16. The molecule has 0 radical (unpaired) electrons. The van der Waals surface area contributed by atoms with Crippen molar-refractivity contribution in [3.05, 3.63) is 65.0 Å². The van der Waals surface area contributed by atoms with Crippen LogP contribution in [0.25, 0.3) is 0 Å². The molecular formula is C18H19FN2O2. The van der Waals surface area contributed by atoms with Gasteiger partial charge in [-0.25, -0.2) is 4.39 Å². The fourth-order valence-corrected chi connectivity index (χ4v) is 2.18. The van der Waals surface area contributed by atoms with Crippen LogP contribution >= 0.6 is 0 Å². The minimum atomic E-state index is -0.789. The summed E-state index contributed by atoms with van der Waals surface area (Å²) in [5.41, 5.74) is 2.64. The van der Waals surface area contributed by atoms with E-state index in [9.17, 15) is 14.0 Å². The summed E-state index contributed by atoms with van der Waals surface area (Å²) in [5.74, 6) is -1.60. The van der Waals surface area contributed by atoms with E-state index in [4.69, 9.17) is 0 Å². The van der Waals surface area contributed by atoms with Gasteiger partial charge < -0.3 is 10.6 Å². The Balaban J connectivity index is 2.03. The van der Waals surface area contributed by atoms with Crippen LogP contribution in [0.4, 0.5) is 10.1 Å². The van der Waals surface area contributed by atoms with E-state index >= 15 is 0 Å². The summed E-state index contributed by atoms with van der Waals surface area (Å²) in [6.07, 6.45) is 0. The predicted molar refractivity (Wildman–Crippen MR) is 87.9 cm³/mol. The molecule has 23 heavy (non-hydrogen) atoms. The average Bonchev–Trinajstić information content (AvgIpc) is 2.50. The van der Waals surface area contributed by atoms with Gasteiger partial charge >= 0.3 is 0 Å². The number of amides is 2. The van der Waals surface area contributed by atoms with Crippen LogP contribution in [-0.2, 0) is 4.79 Å². The highest BCUT2D eigenvalue weighted by molar-refractivity contribution is 6.01. The molecule has 0 bridgehead atoms. The smallest absolute Gasteiger partial charge is 0.254 e. The van der Waals surface area contributed by atoms with Crippen molar-refractivity contribution in [2.75, 3.05) is 5.32 Å². The Morgan fingerprint density at radius 3 is 2.43 bits per heavy atom. The van der Waals surface area contributed by atoms with Crippen LogP contribution in [0.15, 0.2) is 42.5 Å². The van der Waals surface area contributed by atoms with Crippen molar-refractivity contribution in [1.29, 1.82) is 0 Å². The van der Waals surface area contributed by atoms with E-state index in [1.807, 2.05) is 32.0 Å². The van der Waals surface area contributed by atoms with Crippen LogP contribution in [-0.4, -0.2) is 17.9 Å². The van der Waals surface area contributed by atoms with Crippen molar-refractivity contribution in [3.8, 4) is 0 Å². The molecule has 4 nitrogen and oxygen atoms in total. The molecular weight excluding hydrogens is 295 g/mol. The summed E-state index contributed by atoms with van der Waals surface area (Å²) in [6, 6.07) is 10.5. The van der Waals surface area contributed by atoms with Gasteiger partial charge in [0.05, 0.1) is 5.56 Å². The zero-order valence-electron chi connectivity index (χ0n) is 13.3. The van der Waals surface area contributed by atoms with Crippen LogP contribution < -0.4 is 10.6 Å². The topological polar surface area (TPSA) is 58.2 Å². The van der Waals surface area contributed by atoms with Gasteiger partial charge in [0.15, 0.2) is 0 Å². The van der Waals surface area contributed by atoms with Gasteiger partial charge in [-0.05, 0) is 44.5 Å². The molecule has 0 aromatic heterocycles. The molecule has 0 spiro atoms. The minimum absolute atomic E-state index is 0.0846. The Kier molecular flexibility index (Phi) is 5.11. The first-order valence-corrected chi connectivity index (χ1v) is 7.32. The van der Waals surface area contributed by atoms with E-state index in [-0.39, 0.29) is 11.5 Å². The molecule has 2 aromatic carbocycles. The number of aryl methyl sites for hydroxylation is 2. The minimum Gasteiger partial charge on any atom is -0.340 e. The standard InChI is InChI=1S/C18H19FN2O2/c1-11-8-9-16(12(2)10-11)21-17(22)13(3)20-18(23)14-6-4-5-7-15(14)19/h4-10,13H,1-3H3,(H,20,23)(H,21,22). The molecule has 2 aromatic rings. The number of benzene rings is 2. The fourth-order valence-electron chi connectivity index (χ4n) is 2.18. The number of rotatable bonds is 4. The Hall–Kier alpha value is -2.69. The van der Waals surface area contributed by atoms with Gasteiger partial charge in [-0.3, -0.25) is 9.59 Å².